The summed E-state index contributed by atoms with van der Waals surface area (Å²) in [6.45, 7) is 12.9. The molecule has 0 aliphatic carbocycles. The van der Waals surface area contributed by atoms with Crippen molar-refractivity contribution in [3.8, 4) is 17.1 Å². The summed E-state index contributed by atoms with van der Waals surface area (Å²) in [7, 11) is 0. The molecule has 7 nitrogen and oxygen atoms in total. The van der Waals surface area contributed by atoms with E-state index >= 15 is 0 Å². The molecule has 2 aromatic heterocycles. The number of nitrogens with one attached hydrogen (secondary N) is 1. The average Bonchev–Trinajstić information content (AvgIpc) is 3.29. The van der Waals surface area contributed by atoms with Gasteiger partial charge < -0.3 is 24.1 Å². The lowest BCUT2D eigenvalue weighted by Crippen LogP contribution is -2.40. The molecule has 1 aromatic carbocycles. The second-order valence-electron chi connectivity index (χ2n) is 10.2. The third-order valence-corrected chi connectivity index (χ3v) is 5.77. The van der Waals surface area contributed by atoms with E-state index in [1.165, 1.54) is 0 Å². The van der Waals surface area contributed by atoms with E-state index in [1.54, 1.807) is 16.9 Å². The maximum absolute atomic E-state index is 13.8. The van der Waals surface area contributed by atoms with Gasteiger partial charge in [0.25, 0.3) is 5.56 Å². The van der Waals surface area contributed by atoms with Crippen molar-refractivity contribution in [1.29, 1.82) is 0 Å². The first-order valence-electron chi connectivity index (χ1n) is 11.9. The smallest absolute Gasteiger partial charge is 0.405 e. The minimum absolute atomic E-state index is 0.158. The Labute approximate surface area is 200 Å². The number of amides is 1. The second-order valence-corrected chi connectivity index (χ2v) is 10.2. The van der Waals surface area contributed by atoms with Crippen molar-refractivity contribution in [2.24, 2.45) is 11.3 Å². The zero-order valence-corrected chi connectivity index (χ0v) is 21.0. The Morgan fingerprint density at radius 2 is 1.94 bits per heavy atom. The molecule has 0 spiro atoms. The third kappa shape index (κ3) is 5.46. The number of fused-ring (bicyclic) bond motifs is 1. The number of rotatable bonds is 9. The Morgan fingerprint density at radius 3 is 2.50 bits per heavy atom. The van der Waals surface area contributed by atoms with Crippen LogP contribution in [-0.2, 0) is 6.54 Å². The Hall–Kier alpha value is -3.22. The van der Waals surface area contributed by atoms with Crippen LogP contribution in [0.15, 0.2) is 45.8 Å². The Balaban J connectivity index is 2.42. The molecular weight excluding hydrogens is 432 g/mol. The molecule has 1 unspecified atom stereocenters. The standard InChI is InChI=1S/C27H36N2O5/c1-7-8-13-34-23-20-15-18(21-10-9-14-33-21)11-12-19(20)25(30)29(16-17(2)3)22(23)24(27(4,5)6)28-26(31)32/h9-12,14-15,17,24,28H,7-8,13,16H2,1-6H3,(H,31,32). The first-order valence-corrected chi connectivity index (χ1v) is 11.9. The van der Waals surface area contributed by atoms with Crippen LogP contribution in [0.25, 0.3) is 22.1 Å². The number of hydrogen-bond acceptors (Lipinski definition) is 4. The summed E-state index contributed by atoms with van der Waals surface area (Å²) >= 11 is 0. The van der Waals surface area contributed by atoms with Gasteiger partial charge in [-0.25, -0.2) is 4.79 Å². The first-order chi connectivity index (χ1) is 16.0. The summed E-state index contributed by atoms with van der Waals surface area (Å²) in [6, 6.07) is 8.60. The van der Waals surface area contributed by atoms with Gasteiger partial charge in [0.2, 0.25) is 0 Å². The maximum atomic E-state index is 13.8. The summed E-state index contributed by atoms with van der Waals surface area (Å²) in [4.78, 5) is 25.6. The van der Waals surface area contributed by atoms with E-state index in [9.17, 15) is 14.7 Å². The summed E-state index contributed by atoms with van der Waals surface area (Å²) in [6.07, 6.45) is 2.25. The highest BCUT2D eigenvalue weighted by Crippen LogP contribution is 2.41. The van der Waals surface area contributed by atoms with Crippen molar-refractivity contribution in [1.82, 2.24) is 9.88 Å². The fourth-order valence-electron chi connectivity index (χ4n) is 4.15. The van der Waals surface area contributed by atoms with E-state index in [0.717, 1.165) is 18.4 Å². The predicted octanol–water partition coefficient (Wildman–Crippen LogP) is 6.45. The summed E-state index contributed by atoms with van der Waals surface area (Å²) in [5.74, 6) is 1.40. The fourth-order valence-corrected chi connectivity index (χ4v) is 4.15. The highest BCUT2D eigenvalue weighted by Gasteiger charge is 2.35. The van der Waals surface area contributed by atoms with Crippen LogP contribution in [0.2, 0.25) is 0 Å². The van der Waals surface area contributed by atoms with Gasteiger partial charge in [0.1, 0.15) is 11.5 Å². The van der Waals surface area contributed by atoms with E-state index in [2.05, 4.69) is 12.2 Å². The van der Waals surface area contributed by atoms with Gasteiger partial charge in [-0.2, -0.15) is 0 Å². The van der Waals surface area contributed by atoms with Crippen LogP contribution in [-0.4, -0.2) is 22.4 Å². The second kappa shape index (κ2) is 10.4. The molecule has 1 amide bonds. The van der Waals surface area contributed by atoms with Gasteiger partial charge in [0, 0.05) is 17.5 Å². The van der Waals surface area contributed by atoms with E-state index in [-0.39, 0.29) is 11.5 Å². The van der Waals surface area contributed by atoms with Gasteiger partial charge in [-0.05, 0) is 42.0 Å². The van der Waals surface area contributed by atoms with E-state index in [0.29, 0.717) is 41.1 Å². The van der Waals surface area contributed by atoms with E-state index in [4.69, 9.17) is 9.15 Å². The number of nitrogens with zero attached hydrogens (tertiary/aromatic N) is 1. The predicted molar refractivity (Wildman–Crippen MR) is 135 cm³/mol. The van der Waals surface area contributed by atoms with E-state index in [1.807, 2.05) is 58.9 Å². The van der Waals surface area contributed by atoms with Crippen LogP contribution >= 0.6 is 0 Å². The number of aromatic nitrogens is 1. The molecule has 0 fully saturated rings. The molecule has 184 valence electrons. The highest BCUT2D eigenvalue weighted by molar-refractivity contribution is 5.92. The number of hydrogen-bond donors (Lipinski definition) is 2. The SMILES string of the molecule is CCCCOc1c(C(NC(=O)O)C(C)(C)C)n(CC(C)C)c(=O)c2ccc(-c3ccco3)cc12. The molecule has 0 saturated heterocycles. The lowest BCUT2D eigenvalue weighted by molar-refractivity contribution is 0.170. The molecule has 0 bridgehead atoms. The van der Waals surface area contributed by atoms with Crippen LogP contribution in [0.4, 0.5) is 4.79 Å². The maximum Gasteiger partial charge on any atom is 0.405 e. The molecular formula is C27H36N2O5. The molecule has 34 heavy (non-hydrogen) atoms. The monoisotopic (exact) mass is 468 g/mol. The fraction of sp³-hybridized carbons (Fsp3) is 0.481. The molecule has 0 aliphatic rings. The molecule has 7 heteroatoms. The Kier molecular flexibility index (Phi) is 7.75. The lowest BCUT2D eigenvalue weighted by Gasteiger charge is -2.34. The van der Waals surface area contributed by atoms with Crippen molar-refractivity contribution < 1.29 is 19.1 Å². The van der Waals surface area contributed by atoms with Crippen molar-refractivity contribution in [2.45, 2.75) is 67.0 Å². The first kappa shape index (κ1) is 25.4. The number of ether oxygens (including phenoxy) is 1. The number of carboxylic acid groups (broad SMARTS) is 1. The van der Waals surface area contributed by atoms with E-state index < -0.39 is 17.6 Å². The third-order valence-electron chi connectivity index (χ3n) is 5.77. The van der Waals surface area contributed by atoms with Crippen molar-refractivity contribution in [2.75, 3.05) is 6.61 Å². The minimum atomic E-state index is -1.15. The van der Waals surface area contributed by atoms with Gasteiger partial charge in [0.05, 0.1) is 30.0 Å². The van der Waals surface area contributed by atoms with Crippen molar-refractivity contribution in [3.63, 3.8) is 0 Å². The highest BCUT2D eigenvalue weighted by atomic mass is 16.5. The number of pyridine rings is 1. The lowest BCUT2D eigenvalue weighted by atomic mass is 9.83. The van der Waals surface area contributed by atoms with Crippen molar-refractivity contribution in [3.05, 3.63) is 52.6 Å². The summed E-state index contributed by atoms with van der Waals surface area (Å²) in [5, 5.41) is 13.6. The number of unbranched alkanes of at least 4 members (excludes halogenated alkanes) is 1. The van der Waals surface area contributed by atoms with Crippen LogP contribution in [0.3, 0.4) is 0 Å². The van der Waals surface area contributed by atoms with Gasteiger partial charge >= 0.3 is 6.09 Å². The number of furan rings is 1. The van der Waals surface area contributed by atoms with Crippen LogP contribution in [0.1, 0.15) is 66.1 Å². The van der Waals surface area contributed by atoms with Gasteiger partial charge in [-0.15, -0.1) is 0 Å². The minimum Gasteiger partial charge on any atom is -0.491 e. The Bertz CT molecular complexity index is 1190. The average molecular weight is 469 g/mol. The molecule has 3 rings (SSSR count). The van der Waals surface area contributed by atoms with Gasteiger partial charge in [0.15, 0.2) is 0 Å². The molecule has 0 saturated carbocycles. The molecule has 1 atom stereocenters. The zero-order chi connectivity index (χ0) is 25.0. The largest absolute Gasteiger partial charge is 0.491 e. The Morgan fingerprint density at radius 1 is 1.21 bits per heavy atom. The van der Waals surface area contributed by atoms with Crippen LogP contribution in [0, 0.1) is 11.3 Å². The molecule has 0 aliphatic heterocycles. The van der Waals surface area contributed by atoms with Gasteiger partial charge in [-0.3, -0.25) is 4.79 Å². The van der Waals surface area contributed by atoms with Crippen LogP contribution < -0.4 is 15.6 Å². The molecule has 2 N–H and O–H groups in total. The molecule has 3 aromatic rings. The summed E-state index contributed by atoms with van der Waals surface area (Å²) in [5.41, 5.74) is 0.713. The summed E-state index contributed by atoms with van der Waals surface area (Å²) < 4.78 is 13.7. The zero-order valence-electron chi connectivity index (χ0n) is 21.0. The van der Waals surface area contributed by atoms with Crippen LogP contribution in [0.5, 0.6) is 5.75 Å². The van der Waals surface area contributed by atoms with Crippen molar-refractivity contribution >= 4 is 16.9 Å². The molecule has 2 heterocycles. The molecule has 0 radical (unpaired) electrons. The normalized spacial score (nSPS) is 12.8. The van der Waals surface area contributed by atoms with Gasteiger partial charge in [-0.1, -0.05) is 54.0 Å². The topological polar surface area (TPSA) is 93.7 Å². The number of carbonyl (C=O) groups is 1. The quantitative estimate of drug-likeness (QED) is 0.352. The number of benzene rings is 1.